The molecule has 0 saturated heterocycles. The van der Waals surface area contributed by atoms with E-state index in [-0.39, 0.29) is 0 Å². The van der Waals surface area contributed by atoms with Gasteiger partial charge in [0, 0.05) is 5.92 Å². The van der Waals surface area contributed by atoms with Gasteiger partial charge in [0.15, 0.2) is 0 Å². The lowest BCUT2D eigenvalue weighted by Crippen LogP contribution is -2.34. The van der Waals surface area contributed by atoms with E-state index in [9.17, 15) is 5.26 Å². The second-order valence-electron chi connectivity index (χ2n) is 9.23. The third-order valence-electron chi connectivity index (χ3n) is 8.28. The number of hydrogen-bond acceptors (Lipinski definition) is 1. The molecule has 0 aliphatic heterocycles. The Balaban J connectivity index is 1.50. The van der Waals surface area contributed by atoms with Crippen molar-refractivity contribution >= 4 is 0 Å². The van der Waals surface area contributed by atoms with Crippen LogP contribution in [0.2, 0.25) is 0 Å². The van der Waals surface area contributed by atoms with E-state index in [2.05, 4.69) is 6.07 Å². The summed E-state index contributed by atoms with van der Waals surface area (Å²) in [4.78, 5) is 0. The highest BCUT2D eigenvalue weighted by atomic mass is 14.5. The topological polar surface area (TPSA) is 23.8 Å². The molecule has 5 unspecified atom stereocenters. The zero-order valence-electron chi connectivity index (χ0n) is 15.0. The summed E-state index contributed by atoms with van der Waals surface area (Å²) in [6.07, 6.45) is 17.9. The van der Waals surface area contributed by atoms with Gasteiger partial charge in [0.05, 0.1) is 12.0 Å². The van der Waals surface area contributed by atoms with Gasteiger partial charge in [-0.2, -0.15) is 5.26 Å². The molecule has 0 aromatic carbocycles. The van der Waals surface area contributed by atoms with Gasteiger partial charge in [0.2, 0.25) is 0 Å². The van der Waals surface area contributed by atoms with Crippen LogP contribution in [-0.2, 0) is 0 Å². The van der Waals surface area contributed by atoms with Gasteiger partial charge in [-0.05, 0) is 88.4 Å². The van der Waals surface area contributed by atoms with Crippen molar-refractivity contribution in [3.63, 3.8) is 0 Å². The van der Waals surface area contributed by atoms with Gasteiger partial charge in [-0.25, -0.2) is 0 Å². The normalized spacial score (nSPS) is 41.7. The summed E-state index contributed by atoms with van der Waals surface area (Å²) >= 11 is 0. The van der Waals surface area contributed by atoms with Gasteiger partial charge in [-0.3, -0.25) is 0 Å². The first-order valence-corrected chi connectivity index (χ1v) is 10.7. The highest BCUT2D eigenvalue weighted by Crippen LogP contribution is 2.56. The third kappa shape index (κ3) is 2.33. The molecule has 5 aliphatic rings. The molecule has 0 bridgehead atoms. The Kier molecular flexibility index (Phi) is 3.84. The predicted molar refractivity (Wildman–Crippen MR) is 97.1 cm³/mol. The number of rotatable bonds is 0. The molecule has 0 aromatic rings. The maximum absolute atomic E-state index is 9.41. The number of hydrogen-bond donors (Lipinski definition) is 0. The molecular formula is C23H31N. The predicted octanol–water partition coefficient (Wildman–Crippen LogP) is 6.32. The zero-order valence-corrected chi connectivity index (χ0v) is 15.0. The third-order valence-corrected chi connectivity index (χ3v) is 8.28. The Morgan fingerprint density at radius 2 is 1.50 bits per heavy atom. The Morgan fingerprint density at radius 3 is 2.42 bits per heavy atom. The van der Waals surface area contributed by atoms with Crippen LogP contribution in [0.3, 0.4) is 0 Å². The molecule has 0 spiro atoms. The van der Waals surface area contributed by atoms with Crippen molar-refractivity contribution in [3.05, 3.63) is 22.3 Å². The molecule has 2 fully saturated rings. The van der Waals surface area contributed by atoms with Gasteiger partial charge in [0.1, 0.15) is 0 Å². The van der Waals surface area contributed by atoms with Gasteiger partial charge >= 0.3 is 0 Å². The minimum Gasteiger partial charge on any atom is -0.198 e. The van der Waals surface area contributed by atoms with E-state index in [1.807, 2.05) is 16.7 Å². The average Bonchev–Trinajstić information content (AvgIpc) is 2.66. The lowest BCUT2D eigenvalue weighted by molar-refractivity contribution is 0.221. The Morgan fingerprint density at radius 1 is 0.708 bits per heavy atom. The number of fused-ring (bicyclic) bond motifs is 5. The molecule has 5 aliphatic carbocycles. The summed E-state index contributed by atoms with van der Waals surface area (Å²) in [6.45, 7) is 0. The standard InChI is InChI=1S/C23H31N/c24-14-15-5-6-17-8-10-21-20-9-7-16-3-1-2-4-18(16)19(20)11-12-22(21)23(17)13-15/h15-18,21H,1-13H2. The minimum absolute atomic E-state index is 0.312. The second-order valence-corrected chi connectivity index (χ2v) is 9.23. The molecule has 0 N–H and O–H groups in total. The van der Waals surface area contributed by atoms with Crippen molar-refractivity contribution in [1.82, 2.24) is 0 Å². The summed E-state index contributed by atoms with van der Waals surface area (Å²) in [5, 5.41) is 9.41. The maximum atomic E-state index is 9.41. The minimum atomic E-state index is 0.312. The van der Waals surface area contributed by atoms with Crippen LogP contribution in [0.25, 0.3) is 0 Å². The van der Waals surface area contributed by atoms with Gasteiger partial charge in [-0.15, -0.1) is 0 Å². The molecule has 1 heteroatoms. The quantitative estimate of drug-likeness (QED) is 0.479. The van der Waals surface area contributed by atoms with Crippen LogP contribution in [0.5, 0.6) is 0 Å². The number of allylic oxidation sites excluding steroid dienone is 4. The monoisotopic (exact) mass is 321 g/mol. The molecule has 0 amide bonds. The Hall–Kier alpha value is -1.03. The van der Waals surface area contributed by atoms with Crippen LogP contribution < -0.4 is 0 Å². The Labute approximate surface area is 147 Å². The molecule has 0 heterocycles. The maximum Gasteiger partial charge on any atom is 0.0659 e. The number of nitrogens with zero attached hydrogens (tertiary/aromatic N) is 1. The van der Waals surface area contributed by atoms with E-state index in [4.69, 9.17) is 0 Å². The molecule has 0 radical (unpaired) electrons. The smallest absolute Gasteiger partial charge is 0.0659 e. The summed E-state index contributed by atoms with van der Waals surface area (Å²) in [7, 11) is 0. The molecule has 24 heavy (non-hydrogen) atoms. The van der Waals surface area contributed by atoms with Crippen LogP contribution in [0.1, 0.15) is 83.5 Å². The molecular weight excluding hydrogens is 290 g/mol. The van der Waals surface area contributed by atoms with Crippen molar-refractivity contribution in [1.29, 1.82) is 5.26 Å². The zero-order chi connectivity index (χ0) is 16.1. The molecule has 5 atom stereocenters. The van der Waals surface area contributed by atoms with E-state index < -0.39 is 0 Å². The van der Waals surface area contributed by atoms with Crippen LogP contribution in [-0.4, -0.2) is 0 Å². The summed E-state index contributed by atoms with van der Waals surface area (Å²) in [5.41, 5.74) is 7.44. The van der Waals surface area contributed by atoms with E-state index in [0.717, 1.165) is 36.5 Å². The molecule has 128 valence electrons. The summed E-state index contributed by atoms with van der Waals surface area (Å²) in [5.74, 6) is 3.95. The first-order chi connectivity index (χ1) is 11.8. The fraction of sp³-hybridized carbons (Fsp3) is 0.783. The number of nitriles is 1. The lowest BCUT2D eigenvalue weighted by Gasteiger charge is -2.47. The highest BCUT2D eigenvalue weighted by Gasteiger charge is 2.42. The molecule has 0 aromatic heterocycles. The van der Waals surface area contributed by atoms with E-state index in [1.54, 1.807) is 5.57 Å². The van der Waals surface area contributed by atoms with E-state index in [1.165, 1.54) is 70.6 Å². The van der Waals surface area contributed by atoms with Crippen LogP contribution in [0.4, 0.5) is 0 Å². The lowest BCUT2D eigenvalue weighted by atomic mass is 9.58. The van der Waals surface area contributed by atoms with Crippen LogP contribution in [0.15, 0.2) is 22.3 Å². The highest BCUT2D eigenvalue weighted by molar-refractivity contribution is 5.40. The van der Waals surface area contributed by atoms with Crippen LogP contribution in [0, 0.1) is 40.9 Å². The largest absolute Gasteiger partial charge is 0.198 e. The molecule has 2 saturated carbocycles. The Bertz CT molecular complexity index is 631. The summed E-state index contributed by atoms with van der Waals surface area (Å²) in [6, 6.07) is 2.58. The van der Waals surface area contributed by atoms with Crippen molar-refractivity contribution in [2.24, 2.45) is 29.6 Å². The van der Waals surface area contributed by atoms with Gasteiger partial charge < -0.3 is 0 Å². The molecule has 5 rings (SSSR count). The second kappa shape index (κ2) is 6.05. The van der Waals surface area contributed by atoms with E-state index in [0.29, 0.717) is 5.92 Å². The van der Waals surface area contributed by atoms with Crippen molar-refractivity contribution < 1.29 is 0 Å². The van der Waals surface area contributed by atoms with E-state index >= 15 is 0 Å². The van der Waals surface area contributed by atoms with Crippen molar-refractivity contribution in [3.8, 4) is 6.07 Å². The SMILES string of the molecule is N#CC1CCC2CCC3C(=C2C1)CCC1=C3CCC2CCCCC12. The molecule has 1 nitrogen and oxygen atoms in total. The van der Waals surface area contributed by atoms with Gasteiger partial charge in [-0.1, -0.05) is 35.1 Å². The van der Waals surface area contributed by atoms with Gasteiger partial charge in [0.25, 0.3) is 0 Å². The summed E-state index contributed by atoms with van der Waals surface area (Å²) < 4.78 is 0. The van der Waals surface area contributed by atoms with Crippen molar-refractivity contribution in [2.45, 2.75) is 83.5 Å². The first kappa shape index (κ1) is 15.2. The average molecular weight is 322 g/mol. The fourth-order valence-corrected chi connectivity index (χ4v) is 7.18. The fourth-order valence-electron chi connectivity index (χ4n) is 7.18. The first-order valence-electron chi connectivity index (χ1n) is 10.7. The van der Waals surface area contributed by atoms with Crippen molar-refractivity contribution in [2.75, 3.05) is 0 Å². The van der Waals surface area contributed by atoms with Crippen LogP contribution >= 0.6 is 0 Å².